The van der Waals surface area contributed by atoms with Gasteiger partial charge in [0.15, 0.2) is 0 Å². The number of carbonyl (C=O) groups excluding carboxylic acids is 1. The molecule has 7 heteroatoms. The summed E-state index contributed by atoms with van der Waals surface area (Å²) in [4.78, 5) is 15.3. The third-order valence-electron chi connectivity index (χ3n) is 6.12. The van der Waals surface area contributed by atoms with Gasteiger partial charge in [0.05, 0.1) is 18.4 Å². The van der Waals surface area contributed by atoms with E-state index in [4.69, 9.17) is 0 Å². The van der Waals surface area contributed by atoms with E-state index in [2.05, 4.69) is 39.2 Å². The van der Waals surface area contributed by atoms with Crippen LogP contribution >= 0.6 is 0 Å². The summed E-state index contributed by atoms with van der Waals surface area (Å²) in [5, 5.41) is 3.20. The minimum atomic E-state index is -3.39. The lowest BCUT2D eigenvalue weighted by molar-refractivity contribution is -0.121. The van der Waals surface area contributed by atoms with Crippen LogP contribution in [0.15, 0.2) is 54.6 Å². The largest absolute Gasteiger partial charge is 0.353 e. The molecule has 2 aromatic carbocycles. The Morgan fingerprint density at radius 1 is 1.00 bits per heavy atom. The van der Waals surface area contributed by atoms with Crippen molar-refractivity contribution in [2.75, 3.05) is 11.0 Å². The number of fused-ring (bicyclic) bond motifs is 2. The van der Waals surface area contributed by atoms with Gasteiger partial charge >= 0.3 is 0 Å². The second kappa shape index (κ2) is 8.78. The fourth-order valence-electron chi connectivity index (χ4n) is 4.87. The fourth-order valence-corrected chi connectivity index (χ4v) is 5.47. The molecule has 2 aliphatic heterocycles. The number of carbonyl (C=O) groups is 1. The van der Waals surface area contributed by atoms with Crippen LogP contribution in [0.4, 0.5) is 5.69 Å². The number of hydrogen-bond acceptors (Lipinski definition) is 4. The van der Waals surface area contributed by atoms with E-state index in [-0.39, 0.29) is 18.4 Å². The second-order valence-electron chi connectivity index (χ2n) is 8.49. The summed E-state index contributed by atoms with van der Waals surface area (Å²) < 4.78 is 25.7. The van der Waals surface area contributed by atoms with Crippen LogP contribution in [0.25, 0.3) is 0 Å². The van der Waals surface area contributed by atoms with Gasteiger partial charge in [-0.25, -0.2) is 8.42 Å². The number of piperidine rings is 1. The first-order valence-electron chi connectivity index (χ1n) is 10.5. The Morgan fingerprint density at radius 3 is 2.30 bits per heavy atom. The zero-order valence-corrected chi connectivity index (χ0v) is 18.1. The third-order valence-corrected chi connectivity index (χ3v) is 6.71. The average Bonchev–Trinajstić information content (AvgIpc) is 2.92. The summed E-state index contributed by atoms with van der Waals surface area (Å²) in [5.41, 5.74) is 2.49. The first-order chi connectivity index (χ1) is 14.4. The maximum Gasteiger partial charge on any atom is 0.229 e. The van der Waals surface area contributed by atoms with Crippen LogP contribution in [0.2, 0.25) is 0 Å². The molecule has 0 spiro atoms. The van der Waals surface area contributed by atoms with E-state index in [1.807, 2.05) is 12.1 Å². The van der Waals surface area contributed by atoms with E-state index in [1.165, 1.54) is 18.4 Å². The molecular formula is C23H29N3O3S. The molecule has 2 heterocycles. The van der Waals surface area contributed by atoms with Crippen molar-refractivity contribution in [1.29, 1.82) is 0 Å². The number of nitrogens with one attached hydrogen (secondary N) is 2. The van der Waals surface area contributed by atoms with Crippen molar-refractivity contribution in [2.45, 2.75) is 56.8 Å². The molecule has 6 nitrogen and oxygen atoms in total. The predicted octanol–water partition coefficient (Wildman–Crippen LogP) is 2.91. The van der Waals surface area contributed by atoms with Crippen molar-refractivity contribution >= 4 is 21.6 Å². The maximum absolute atomic E-state index is 12.7. The van der Waals surface area contributed by atoms with Gasteiger partial charge in [0, 0.05) is 24.7 Å². The van der Waals surface area contributed by atoms with E-state index in [0.29, 0.717) is 23.3 Å². The Bertz CT molecular complexity index is 980. The normalized spacial score (nSPS) is 23.8. The highest BCUT2D eigenvalue weighted by Gasteiger charge is 2.40. The molecule has 2 fully saturated rings. The van der Waals surface area contributed by atoms with E-state index in [9.17, 15) is 13.2 Å². The van der Waals surface area contributed by atoms with E-state index >= 15 is 0 Å². The molecule has 2 atom stereocenters. The molecule has 0 saturated carbocycles. The molecule has 2 N–H and O–H groups in total. The quantitative estimate of drug-likeness (QED) is 0.712. The van der Waals surface area contributed by atoms with Crippen molar-refractivity contribution in [1.82, 2.24) is 10.2 Å². The van der Waals surface area contributed by atoms with Crippen LogP contribution < -0.4 is 10.0 Å². The average molecular weight is 428 g/mol. The molecule has 30 heavy (non-hydrogen) atoms. The van der Waals surface area contributed by atoms with Gasteiger partial charge in [0.2, 0.25) is 15.9 Å². The summed E-state index contributed by atoms with van der Waals surface area (Å²) in [5.74, 6) is -0.0568. The Balaban J connectivity index is 1.35. The van der Waals surface area contributed by atoms with Gasteiger partial charge in [-0.1, -0.05) is 48.5 Å². The summed E-state index contributed by atoms with van der Waals surface area (Å²) in [6, 6.07) is 18.8. The van der Waals surface area contributed by atoms with Gasteiger partial charge < -0.3 is 5.32 Å². The molecule has 0 radical (unpaired) electrons. The Morgan fingerprint density at radius 2 is 1.63 bits per heavy atom. The number of sulfonamides is 1. The highest BCUT2D eigenvalue weighted by atomic mass is 32.2. The van der Waals surface area contributed by atoms with Crippen molar-refractivity contribution < 1.29 is 13.2 Å². The lowest BCUT2D eigenvalue weighted by Gasteiger charge is -2.39. The molecule has 2 aromatic rings. The number of benzene rings is 2. The summed E-state index contributed by atoms with van der Waals surface area (Å²) >= 11 is 0. The number of nitrogens with zero attached hydrogens (tertiary/aromatic N) is 1. The zero-order valence-electron chi connectivity index (χ0n) is 17.3. The number of para-hydroxylation sites is 1. The van der Waals surface area contributed by atoms with E-state index in [0.717, 1.165) is 25.6 Å². The monoisotopic (exact) mass is 427 g/mol. The molecule has 2 bridgehead atoms. The Kier molecular flexibility index (Phi) is 6.11. The molecule has 2 unspecified atom stereocenters. The second-order valence-corrected chi connectivity index (χ2v) is 10.2. The van der Waals surface area contributed by atoms with Crippen molar-refractivity contribution in [2.24, 2.45) is 0 Å². The fraction of sp³-hybridized carbons (Fsp3) is 0.435. The third kappa shape index (κ3) is 5.21. The lowest BCUT2D eigenvalue weighted by atomic mass is 9.96. The first kappa shape index (κ1) is 20.9. The zero-order chi connectivity index (χ0) is 21.1. The van der Waals surface area contributed by atoms with Crippen molar-refractivity contribution in [3.63, 3.8) is 0 Å². The van der Waals surface area contributed by atoms with Gasteiger partial charge in [-0.2, -0.15) is 0 Å². The number of rotatable bonds is 7. The highest BCUT2D eigenvalue weighted by Crippen LogP contribution is 2.36. The molecule has 0 aliphatic carbocycles. The van der Waals surface area contributed by atoms with Crippen LogP contribution in [0.5, 0.6) is 0 Å². The molecule has 2 saturated heterocycles. The summed E-state index contributed by atoms with van der Waals surface area (Å²) in [6.07, 6.45) is 5.59. The summed E-state index contributed by atoms with van der Waals surface area (Å²) in [7, 11) is -3.39. The summed E-state index contributed by atoms with van der Waals surface area (Å²) in [6.45, 7) is 0.974. The van der Waals surface area contributed by atoms with Crippen molar-refractivity contribution in [3.05, 3.63) is 65.7 Å². The topological polar surface area (TPSA) is 78.5 Å². The lowest BCUT2D eigenvalue weighted by Crippen LogP contribution is -2.50. The van der Waals surface area contributed by atoms with Crippen LogP contribution in [-0.2, 0) is 27.8 Å². The first-order valence-corrected chi connectivity index (χ1v) is 12.4. The molecule has 2 aliphatic rings. The molecule has 160 valence electrons. The smallest absolute Gasteiger partial charge is 0.229 e. The van der Waals surface area contributed by atoms with Crippen LogP contribution in [0, 0.1) is 0 Å². The molecule has 0 aromatic heterocycles. The van der Waals surface area contributed by atoms with Crippen molar-refractivity contribution in [3.8, 4) is 0 Å². The van der Waals surface area contributed by atoms with Gasteiger partial charge in [0.1, 0.15) is 0 Å². The number of amides is 1. The van der Waals surface area contributed by atoms with Crippen LogP contribution in [0.1, 0.15) is 36.8 Å². The van der Waals surface area contributed by atoms with Crippen LogP contribution in [-0.4, -0.2) is 43.6 Å². The van der Waals surface area contributed by atoms with Crippen LogP contribution in [0.3, 0.4) is 0 Å². The van der Waals surface area contributed by atoms with Gasteiger partial charge in [-0.3, -0.25) is 14.4 Å². The van der Waals surface area contributed by atoms with E-state index in [1.54, 1.807) is 18.2 Å². The maximum atomic E-state index is 12.7. The van der Waals surface area contributed by atoms with Gasteiger partial charge in [-0.05, 0) is 42.9 Å². The standard InChI is InChI=1S/C23H29N3O3S/c1-30(28,29)25-22-10-6-5-9-18(22)13-23(27)24-19-14-20-11-12-21(15-19)26(20)16-17-7-3-2-4-8-17/h2-10,19-21,25H,11-16H2,1H3,(H,24,27). The molecule has 4 rings (SSSR count). The minimum Gasteiger partial charge on any atom is -0.353 e. The molecular weight excluding hydrogens is 398 g/mol. The van der Waals surface area contributed by atoms with Gasteiger partial charge in [-0.15, -0.1) is 0 Å². The van der Waals surface area contributed by atoms with Gasteiger partial charge in [0.25, 0.3) is 0 Å². The van der Waals surface area contributed by atoms with E-state index < -0.39 is 10.0 Å². The SMILES string of the molecule is CS(=O)(=O)Nc1ccccc1CC(=O)NC1CC2CCC(C1)N2Cc1ccccc1. The number of hydrogen-bond donors (Lipinski definition) is 2. The predicted molar refractivity (Wildman–Crippen MR) is 119 cm³/mol. The molecule has 1 amide bonds. The number of anilines is 1. The highest BCUT2D eigenvalue weighted by molar-refractivity contribution is 7.92. The minimum absolute atomic E-state index is 0.0568. The Labute approximate surface area is 178 Å². The Hall–Kier alpha value is -2.38.